The van der Waals surface area contributed by atoms with Crippen molar-refractivity contribution in [3.8, 4) is 0 Å². The van der Waals surface area contributed by atoms with E-state index in [9.17, 15) is 0 Å². The second-order valence-corrected chi connectivity index (χ2v) is 3.12. The van der Waals surface area contributed by atoms with Crippen molar-refractivity contribution in [2.24, 2.45) is 0 Å². The van der Waals surface area contributed by atoms with E-state index in [1.165, 1.54) is 0 Å². The van der Waals surface area contributed by atoms with Gasteiger partial charge in [0, 0.05) is 12.4 Å². The standard InChI is InChI=1S/C10H10BN3/c1-13-10-7-4-6(11)2-3-9(7)14-5-8(10)12/h2-5H,12H2,1H3,(H,13,14). The normalized spacial score (nSPS) is 10.4. The fraction of sp³-hybridized carbons (Fsp3) is 0.100. The molecule has 0 amide bonds. The number of anilines is 2. The van der Waals surface area contributed by atoms with Crippen LogP contribution in [0.1, 0.15) is 0 Å². The zero-order chi connectivity index (χ0) is 10.1. The van der Waals surface area contributed by atoms with Gasteiger partial charge < -0.3 is 11.1 Å². The second-order valence-electron chi connectivity index (χ2n) is 3.12. The third-order valence-electron chi connectivity index (χ3n) is 2.17. The summed E-state index contributed by atoms with van der Waals surface area (Å²) in [6, 6.07) is 5.57. The largest absolute Gasteiger partial charge is 0.396 e. The molecule has 0 aliphatic heterocycles. The molecule has 0 spiro atoms. The third-order valence-corrected chi connectivity index (χ3v) is 2.17. The Bertz CT molecular complexity index is 477. The Morgan fingerprint density at radius 3 is 2.93 bits per heavy atom. The maximum atomic E-state index is 5.78. The Kier molecular flexibility index (Phi) is 2.04. The van der Waals surface area contributed by atoms with E-state index in [1.54, 1.807) is 6.20 Å². The average Bonchev–Trinajstić information content (AvgIpc) is 2.17. The van der Waals surface area contributed by atoms with Crippen molar-refractivity contribution in [2.45, 2.75) is 0 Å². The molecule has 1 aromatic heterocycles. The minimum Gasteiger partial charge on any atom is -0.396 e. The Morgan fingerprint density at radius 1 is 1.43 bits per heavy atom. The molecule has 0 aliphatic carbocycles. The summed E-state index contributed by atoms with van der Waals surface area (Å²) in [4.78, 5) is 4.21. The summed E-state index contributed by atoms with van der Waals surface area (Å²) in [5, 5.41) is 4.00. The predicted molar refractivity (Wildman–Crippen MR) is 61.1 cm³/mol. The topological polar surface area (TPSA) is 50.9 Å². The van der Waals surface area contributed by atoms with Gasteiger partial charge in [-0.3, -0.25) is 4.98 Å². The number of nitrogens with one attached hydrogen (secondary N) is 1. The zero-order valence-electron chi connectivity index (χ0n) is 7.91. The van der Waals surface area contributed by atoms with Gasteiger partial charge >= 0.3 is 0 Å². The van der Waals surface area contributed by atoms with Gasteiger partial charge in [0.15, 0.2) is 0 Å². The third kappa shape index (κ3) is 1.29. The quantitative estimate of drug-likeness (QED) is 0.638. The average molecular weight is 183 g/mol. The highest BCUT2D eigenvalue weighted by Gasteiger charge is 2.04. The summed E-state index contributed by atoms with van der Waals surface area (Å²) in [6.07, 6.45) is 1.64. The Balaban J connectivity index is 2.84. The number of nitrogens with two attached hydrogens (primary N) is 1. The Labute approximate surface area is 83.7 Å². The molecule has 0 saturated heterocycles. The second kappa shape index (κ2) is 3.22. The molecule has 0 bridgehead atoms. The minimum absolute atomic E-state index is 0.630. The minimum atomic E-state index is 0.630. The first-order chi connectivity index (χ1) is 6.72. The van der Waals surface area contributed by atoms with Crippen molar-refractivity contribution in [1.82, 2.24) is 4.98 Å². The molecule has 3 N–H and O–H groups in total. The molecule has 2 aromatic rings. The van der Waals surface area contributed by atoms with E-state index < -0.39 is 0 Å². The van der Waals surface area contributed by atoms with Gasteiger partial charge in [-0.15, -0.1) is 0 Å². The highest BCUT2D eigenvalue weighted by Crippen LogP contribution is 2.25. The van der Waals surface area contributed by atoms with E-state index in [-0.39, 0.29) is 0 Å². The maximum Gasteiger partial charge on any atom is 0.113 e. The number of hydrogen-bond acceptors (Lipinski definition) is 3. The highest BCUT2D eigenvalue weighted by molar-refractivity contribution is 6.33. The van der Waals surface area contributed by atoms with Gasteiger partial charge in [-0.1, -0.05) is 17.6 Å². The van der Waals surface area contributed by atoms with Crippen molar-refractivity contribution in [2.75, 3.05) is 18.1 Å². The molecule has 68 valence electrons. The van der Waals surface area contributed by atoms with Gasteiger partial charge in [-0.2, -0.15) is 0 Å². The zero-order valence-corrected chi connectivity index (χ0v) is 7.91. The number of pyridine rings is 1. The molecule has 2 radical (unpaired) electrons. The van der Waals surface area contributed by atoms with Crippen LogP contribution in [0.15, 0.2) is 24.4 Å². The lowest BCUT2D eigenvalue weighted by atomic mass is 9.94. The van der Waals surface area contributed by atoms with E-state index in [1.807, 2.05) is 25.2 Å². The molecule has 2 rings (SSSR count). The number of benzene rings is 1. The van der Waals surface area contributed by atoms with Crippen LogP contribution in [0.3, 0.4) is 0 Å². The number of nitrogen functional groups attached to an aromatic ring is 1. The summed E-state index contributed by atoms with van der Waals surface area (Å²) in [5.74, 6) is 0. The van der Waals surface area contributed by atoms with Gasteiger partial charge in [0.05, 0.1) is 23.1 Å². The van der Waals surface area contributed by atoms with Crippen LogP contribution < -0.4 is 16.5 Å². The van der Waals surface area contributed by atoms with Crippen molar-refractivity contribution in [3.05, 3.63) is 24.4 Å². The maximum absolute atomic E-state index is 5.78. The van der Waals surface area contributed by atoms with Gasteiger partial charge in [-0.05, 0) is 6.07 Å². The predicted octanol–water partition coefficient (Wildman–Crippen LogP) is 0.653. The number of hydrogen-bond donors (Lipinski definition) is 2. The van der Waals surface area contributed by atoms with Crippen LogP contribution in [0.4, 0.5) is 11.4 Å². The molecule has 3 nitrogen and oxygen atoms in total. The lowest BCUT2D eigenvalue weighted by Crippen LogP contribution is -2.04. The van der Waals surface area contributed by atoms with Crippen molar-refractivity contribution in [3.63, 3.8) is 0 Å². The smallest absolute Gasteiger partial charge is 0.113 e. The molecular weight excluding hydrogens is 173 g/mol. The van der Waals surface area contributed by atoms with Crippen LogP contribution in [-0.4, -0.2) is 19.9 Å². The molecule has 0 fully saturated rings. The van der Waals surface area contributed by atoms with Crippen LogP contribution in [-0.2, 0) is 0 Å². The number of fused-ring (bicyclic) bond motifs is 1. The molecule has 0 unspecified atom stereocenters. The molecule has 4 heteroatoms. The van der Waals surface area contributed by atoms with E-state index in [0.29, 0.717) is 11.2 Å². The molecular formula is C10H10BN3. The van der Waals surface area contributed by atoms with Crippen LogP contribution in [0.2, 0.25) is 0 Å². The lowest BCUT2D eigenvalue weighted by molar-refractivity contribution is 1.40. The first kappa shape index (κ1) is 8.87. The van der Waals surface area contributed by atoms with Crippen molar-refractivity contribution < 1.29 is 0 Å². The van der Waals surface area contributed by atoms with Crippen LogP contribution in [0.5, 0.6) is 0 Å². The highest BCUT2D eigenvalue weighted by atomic mass is 14.9. The monoisotopic (exact) mass is 183 g/mol. The first-order valence-electron chi connectivity index (χ1n) is 4.34. The SMILES string of the molecule is [B]c1ccc2ncc(N)c(NC)c2c1. The fourth-order valence-corrected chi connectivity index (χ4v) is 1.50. The van der Waals surface area contributed by atoms with Gasteiger partial charge in [-0.25, -0.2) is 0 Å². The first-order valence-corrected chi connectivity index (χ1v) is 4.34. The van der Waals surface area contributed by atoms with Gasteiger partial charge in [0.25, 0.3) is 0 Å². The van der Waals surface area contributed by atoms with Crippen LogP contribution in [0, 0.1) is 0 Å². The van der Waals surface area contributed by atoms with E-state index in [0.717, 1.165) is 16.6 Å². The summed E-state index contributed by atoms with van der Waals surface area (Å²) in [5.41, 5.74) is 8.89. The van der Waals surface area contributed by atoms with Gasteiger partial charge in [0.1, 0.15) is 7.85 Å². The molecule has 1 heterocycles. The van der Waals surface area contributed by atoms with Crippen molar-refractivity contribution in [1.29, 1.82) is 0 Å². The molecule has 1 aromatic carbocycles. The number of nitrogens with zero attached hydrogens (tertiary/aromatic N) is 1. The fourth-order valence-electron chi connectivity index (χ4n) is 1.50. The summed E-state index contributed by atoms with van der Waals surface area (Å²) >= 11 is 0. The van der Waals surface area contributed by atoms with Crippen molar-refractivity contribution >= 4 is 35.6 Å². The molecule has 0 aliphatic rings. The summed E-state index contributed by atoms with van der Waals surface area (Å²) in [6.45, 7) is 0. The Morgan fingerprint density at radius 2 is 2.21 bits per heavy atom. The number of rotatable bonds is 1. The van der Waals surface area contributed by atoms with E-state index in [4.69, 9.17) is 13.6 Å². The summed E-state index contributed by atoms with van der Waals surface area (Å²) < 4.78 is 0. The van der Waals surface area contributed by atoms with Crippen LogP contribution >= 0.6 is 0 Å². The van der Waals surface area contributed by atoms with Gasteiger partial charge in [0.2, 0.25) is 0 Å². The summed E-state index contributed by atoms with van der Waals surface area (Å²) in [7, 11) is 7.53. The van der Waals surface area contributed by atoms with E-state index in [2.05, 4.69) is 10.3 Å². The lowest BCUT2D eigenvalue weighted by Gasteiger charge is -2.08. The molecule has 0 saturated carbocycles. The molecule has 0 atom stereocenters. The van der Waals surface area contributed by atoms with E-state index >= 15 is 0 Å². The number of aromatic nitrogens is 1. The Hall–Kier alpha value is -1.71. The van der Waals surface area contributed by atoms with Crippen LogP contribution in [0.25, 0.3) is 10.9 Å². The molecule has 14 heavy (non-hydrogen) atoms.